The third-order valence-corrected chi connectivity index (χ3v) is 6.14. The fourth-order valence-corrected chi connectivity index (χ4v) is 4.49. The fraction of sp³-hybridized carbons (Fsp3) is 0.588. The standard InChI is InChI=1S/C17H25FN2O4S/c1-13(11-24-2)19-17(21)15-7-9-20(10-8-15)25(22,23)12-14-3-5-16(18)6-4-14/h3-6,13,15H,7-12H2,1-2H3,(H,19,21)/t13-/m0/s1. The zero-order chi connectivity index (χ0) is 18.4. The summed E-state index contributed by atoms with van der Waals surface area (Å²) in [6.45, 7) is 2.95. The smallest absolute Gasteiger partial charge is 0.223 e. The van der Waals surface area contributed by atoms with E-state index in [0.717, 1.165) is 0 Å². The quantitative estimate of drug-likeness (QED) is 0.787. The van der Waals surface area contributed by atoms with Crippen LogP contribution >= 0.6 is 0 Å². The number of nitrogens with one attached hydrogen (secondary N) is 1. The molecule has 1 fully saturated rings. The Bertz CT molecular complexity index is 670. The van der Waals surface area contributed by atoms with Crippen LogP contribution in [0.25, 0.3) is 0 Å². The summed E-state index contributed by atoms with van der Waals surface area (Å²) in [4.78, 5) is 12.2. The van der Waals surface area contributed by atoms with Crippen molar-refractivity contribution >= 4 is 15.9 Å². The monoisotopic (exact) mass is 372 g/mol. The molecule has 8 heteroatoms. The molecule has 1 N–H and O–H groups in total. The molecular formula is C17H25FN2O4S. The predicted molar refractivity (Wildman–Crippen MR) is 92.8 cm³/mol. The number of piperidine rings is 1. The molecule has 1 amide bonds. The number of halogens is 1. The Morgan fingerprint density at radius 3 is 2.48 bits per heavy atom. The Kier molecular flexibility index (Phi) is 6.92. The lowest BCUT2D eigenvalue weighted by molar-refractivity contribution is -0.127. The summed E-state index contributed by atoms with van der Waals surface area (Å²) in [7, 11) is -1.89. The first-order valence-electron chi connectivity index (χ1n) is 8.33. The SMILES string of the molecule is COC[C@H](C)NC(=O)C1CCN(S(=O)(=O)Cc2ccc(F)cc2)CC1. The van der Waals surface area contributed by atoms with Gasteiger partial charge in [0.2, 0.25) is 15.9 Å². The summed E-state index contributed by atoms with van der Waals surface area (Å²) in [6, 6.07) is 5.39. The lowest BCUT2D eigenvalue weighted by atomic mass is 9.97. The van der Waals surface area contributed by atoms with Crippen LogP contribution in [0, 0.1) is 11.7 Å². The third kappa shape index (κ3) is 5.76. The molecule has 0 aromatic heterocycles. The molecule has 1 aliphatic rings. The molecule has 0 unspecified atom stereocenters. The van der Waals surface area contributed by atoms with Gasteiger partial charge in [-0.3, -0.25) is 4.79 Å². The van der Waals surface area contributed by atoms with E-state index >= 15 is 0 Å². The van der Waals surface area contributed by atoms with Gasteiger partial charge < -0.3 is 10.1 Å². The molecule has 25 heavy (non-hydrogen) atoms. The largest absolute Gasteiger partial charge is 0.383 e. The van der Waals surface area contributed by atoms with E-state index < -0.39 is 15.8 Å². The fourth-order valence-electron chi connectivity index (χ4n) is 2.93. The van der Waals surface area contributed by atoms with Gasteiger partial charge >= 0.3 is 0 Å². The van der Waals surface area contributed by atoms with Crippen molar-refractivity contribution in [3.63, 3.8) is 0 Å². The van der Waals surface area contributed by atoms with Gasteiger partial charge in [0.25, 0.3) is 0 Å². The van der Waals surface area contributed by atoms with Gasteiger partial charge in [0.1, 0.15) is 5.82 Å². The van der Waals surface area contributed by atoms with Gasteiger partial charge in [0.05, 0.1) is 12.4 Å². The molecule has 0 bridgehead atoms. The summed E-state index contributed by atoms with van der Waals surface area (Å²) in [6.07, 6.45) is 0.988. The van der Waals surface area contributed by atoms with Gasteiger partial charge in [-0.15, -0.1) is 0 Å². The van der Waals surface area contributed by atoms with Crippen molar-refractivity contribution in [1.82, 2.24) is 9.62 Å². The summed E-state index contributed by atoms with van der Waals surface area (Å²) < 4.78 is 44.3. The number of sulfonamides is 1. The topological polar surface area (TPSA) is 75.7 Å². The lowest BCUT2D eigenvalue weighted by Crippen LogP contribution is -2.45. The van der Waals surface area contributed by atoms with Crippen molar-refractivity contribution in [3.8, 4) is 0 Å². The van der Waals surface area contributed by atoms with E-state index in [9.17, 15) is 17.6 Å². The van der Waals surface area contributed by atoms with Crippen LogP contribution in [0.15, 0.2) is 24.3 Å². The predicted octanol–water partition coefficient (Wildman–Crippen LogP) is 1.52. The number of hydrogen-bond acceptors (Lipinski definition) is 4. The number of rotatable bonds is 7. The van der Waals surface area contributed by atoms with E-state index in [-0.39, 0.29) is 23.6 Å². The van der Waals surface area contributed by atoms with Crippen LogP contribution in [-0.2, 0) is 25.3 Å². The molecule has 1 saturated heterocycles. The number of hydrogen-bond donors (Lipinski definition) is 1. The van der Waals surface area contributed by atoms with E-state index in [0.29, 0.717) is 38.1 Å². The minimum Gasteiger partial charge on any atom is -0.383 e. The summed E-state index contributed by atoms with van der Waals surface area (Å²) in [5, 5.41) is 2.88. The van der Waals surface area contributed by atoms with Crippen molar-refractivity contribution in [1.29, 1.82) is 0 Å². The van der Waals surface area contributed by atoms with Crippen LogP contribution in [-0.4, -0.2) is 51.5 Å². The maximum absolute atomic E-state index is 12.9. The van der Waals surface area contributed by atoms with Gasteiger partial charge in [-0.1, -0.05) is 12.1 Å². The normalized spacial score (nSPS) is 18.0. The average molecular weight is 372 g/mol. The highest BCUT2D eigenvalue weighted by Gasteiger charge is 2.31. The maximum atomic E-state index is 12.9. The summed E-state index contributed by atoms with van der Waals surface area (Å²) >= 11 is 0. The van der Waals surface area contributed by atoms with Crippen molar-refractivity contribution < 1.29 is 22.3 Å². The van der Waals surface area contributed by atoms with Gasteiger partial charge in [-0.05, 0) is 37.5 Å². The highest BCUT2D eigenvalue weighted by Crippen LogP contribution is 2.22. The average Bonchev–Trinajstić information content (AvgIpc) is 2.57. The second-order valence-electron chi connectivity index (χ2n) is 6.42. The number of ether oxygens (including phenoxy) is 1. The summed E-state index contributed by atoms with van der Waals surface area (Å²) in [5.41, 5.74) is 0.551. The van der Waals surface area contributed by atoms with Crippen molar-refractivity contribution in [2.75, 3.05) is 26.8 Å². The van der Waals surface area contributed by atoms with Gasteiger partial charge in [-0.2, -0.15) is 0 Å². The summed E-state index contributed by atoms with van der Waals surface area (Å²) in [5.74, 6) is -0.790. The van der Waals surface area contributed by atoms with Crippen LogP contribution in [0.5, 0.6) is 0 Å². The highest BCUT2D eigenvalue weighted by molar-refractivity contribution is 7.88. The van der Waals surface area contributed by atoms with Crippen LogP contribution < -0.4 is 5.32 Å². The second-order valence-corrected chi connectivity index (χ2v) is 8.39. The van der Waals surface area contributed by atoms with Crippen molar-refractivity contribution in [3.05, 3.63) is 35.6 Å². The Morgan fingerprint density at radius 2 is 1.92 bits per heavy atom. The third-order valence-electron chi connectivity index (χ3n) is 4.29. The Labute approximate surface area is 148 Å². The molecule has 2 rings (SSSR count). The molecule has 6 nitrogen and oxygen atoms in total. The zero-order valence-electron chi connectivity index (χ0n) is 14.6. The molecular weight excluding hydrogens is 347 g/mol. The minimum atomic E-state index is -3.47. The molecule has 0 spiro atoms. The van der Waals surface area contributed by atoms with E-state index in [4.69, 9.17) is 4.74 Å². The van der Waals surface area contributed by atoms with Crippen molar-refractivity contribution in [2.45, 2.75) is 31.6 Å². The number of benzene rings is 1. The minimum absolute atomic E-state index is 0.0554. The maximum Gasteiger partial charge on any atom is 0.223 e. The van der Waals surface area contributed by atoms with Crippen LogP contribution in [0.3, 0.4) is 0 Å². The number of methoxy groups -OCH3 is 1. The van der Waals surface area contributed by atoms with Crippen LogP contribution in [0.2, 0.25) is 0 Å². The van der Waals surface area contributed by atoms with E-state index in [2.05, 4.69) is 5.32 Å². The molecule has 0 aliphatic carbocycles. The molecule has 0 radical (unpaired) electrons. The number of amides is 1. The molecule has 1 aromatic rings. The zero-order valence-corrected chi connectivity index (χ0v) is 15.4. The molecule has 1 aliphatic heterocycles. The van der Waals surface area contributed by atoms with Gasteiger partial charge in [-0.25, -0.2) is 17.1 Å². The number of carbonyl (C=O) groups is 1. The molecule has 1 atom stereocenters. The van der Waals surface area contributed by atoms with E-state index in [1.165, 1.54) is 28.6 Å². The number of nitrogens with zero attached hydrogens (tertiary/aromatic N) is 1. The highest BCUT2D eigenvalue weighted by atomic mass is 32.2. The lowest BCUT2D eigenvalue weighted by Gasteiger charge is -2.31. The van der Waals surface area contributed by atoms with Gasteiger partial charge in [0, 0.05) is 32.2 Å². The Morgan fingerprint density at radius 1 is 1.32 bits per heavy atom. The molecule has 1 heterocycles. The van der Waals surface area contributed by atoms with E-state index in [1.54, 1.807) is 7.11 Å². The Hall–Kier alpha value is -1.51. The van der Waals surface area contributed by atoms with Gasteiger partial charge in [0.15, 0.2) is 0 Å². The van der Waals surface area contributed by atoms with Crippen LogP contribution in [0.4, 0.5) is 4.39 Å². The van der Waals surface area contributed by atoms with Crippen LogP contribution in [0.1, 0.15) is 25.3 Å². The van der Waals surface area contributed by atoms with E-state index in [1.807, 2.05) is 6.92 Å². The second kappa shape index (κ2) is 8.73. The molecule has 0 saturated carbocycles. The first kappa shape index (κ1) is 19.8. The number of carbonyl (C=O) groups excluding carboxylic acids is 1. The Balaban J connectivity index is 1.88. The first-order valence-corrected chi connectivity index (χ1v) is 9.94. The first-order chi connectivity index (χ1) is 11.8. The molecule has 1 aromatic carbocycles. The van der Waals surface area contributed by atoms with Crippen molar-refractivity contribution in [2.24, 2.45) is 5.92 Å². The molecule has 140 valence electrons.